The molecule has 1 amide bonds. The molecule has 3 rings (SSSR count). The quantitative estimate of drug-likeness (QED) is 0.557. The van der Waals surface area contributed by atoms with Crippen molar-refractivity contribution in [1.29, 1.82) is 0 Å². The van der Waals surface area contributed by atoms with Crippen molar-refractivity contribution in [2.24, 2.45) is 5.92 Å². The second kappa shape index (κ2) is 8.70. The Kier molecular flexibility index (Phi) is 6.66. The van der Waals surface area contributed by atoms with Crippen molar-refractivity contribution in [2.75, 3.05) is 38.2 Å². The second-order valence-corrected chi connectivity index (χ2v) is 12.6. The lowest BCUT2D eigenvalue weighted by molar-refractivity contribution is -0.156. The van der Waals surface area contributed by atoms with Gasteiger partial charge in [-0.1, -0.05) is 6.07 Å². The van der Waals surface area contributed by atoms with Gasteiger partial charge in [-0.05, 0) is 30.7 Å². The van der Waals surface area contributed by atoms with E-state index in [2.05, 4.69) is 0 Å². The van der Waals surface area contributed by atoms with E-state index in [1.165, 1.54) is 16.3 Å². The summed E-state index contributed by atoms with van der Waals surface area (Å²) in [4.78, 5) is 25.8. The lowest BCUT2D eigenvalue weighted by atomic mass is 9.98. The molecule has 0 saturated carbocycles. The molecule has 0 aromatic carbocycles. The van der Waals surface area contributed by atoms with Crippen molar-refractivity contribution in [3.8, 4) is 0 Å². The fourth-order valence-electron chi connectivity index (χ4n) is 3.51. The molecule has 2 aliphatic heterocycles. The van der Waals surface area contributed by atoms with Crippen LogP contribution in [0.5, 0.6) is 0 Å². The standard InChI is InChI=1S/C17H24N2O7S3/c1-18(14-6-10-28(22,23)12-14)15(20)11-26-17(21)13-4-7-19(8-5-13)29(24,25)16-3-2-9-27-16/h2-3,9,13-14H,4-8,10-12H2,1H3/t14-/m0/s1. The molecular weight excluding hydrogens is 440 g/mol. The Hall–Kier alpha value is -1.50. The van der Waals surface area contributed by atoms with E-state index >= 15 is 0 Å². The summed E-state index contributed by atoms with van der Waals surface area (Å²) < 4.78 is 54.9. The van der Waals surface area contributed by atoms with Crippen molar-refractivity contribution in [2.45, 2.75) is 29.5 Å². The number of nitrogens with zero attached hydrogens (tertiary/aromatic N) is 2. The van der Waals surface area contributed by atoms with Gasteiger partial charge in [-0.2, -0.15) is 4.31 Å². The number of rotatable bonds is 6. The first kappa shape index (κ1) is 22.2. The Morgan fingerprint density at radius 3 is 2.52 bits per heavy atom. The fraction of sp³-hybridized carbons (Fsp3) is 0.647. The number of thiophene rings is 1. The number of carbonyl (C=O) groups excluding carboxylic acids is 2. The number of ether oxygens (including phenoxy) is 1. The summed E-state index contributed by atoms with van der Waals surface area (Å²) >= 11 is 1.15. The monoisotopic (exact) mass is 464 g/mol. The Balaban J connectivity index is 1.46. The van der Waals surface area contributed by atoms with Crippen LogP contribution < -0.4 is 0 Å². The first-order valence-electron chi connectivity index (χ1n) is 9.26. The summed E-state index contributed by atoms with van der Waals surface area (Å²) in [5.74, 6) is -1.45. The number of carbonyl (C=O) groups is 2. The predicted molar refractivity (Wildman–Crippen MR) is 107 cm³/mol. The third kappa shape index (κ3) is 5.16. The highest BCUT2D eigenvalue weighted by atomic mass is 32.2. The fourth-order valence-corrected chi connectivity index (χ4v) is 7.89. The van der Waals surface area contributed by atoms with E-state index in [1.807, 2.05) is 0 Å². The molecule has 0 aliphatic carbocycles. The first-order chi connectivity index (χ1) is 13.6. The summed E-state index contributed by atoms with van der Waals surface area (Å²) in [6.07, 6.45) is 1.04. The summed E-state index contributed by atoms with van der Waals surface area (Å²) in [5.41, 5.74) is 0. The largest absolute Gasteiger partial charge is 0.455 e. The molecule has 1 aromatic heterocycles. The van der Waals surface area contributed by atoms with Crippen molar-refractivity contribution in [1.82, 2.24) is 9.21 Å². The number of sulfone groups is 1. The third-order valence-electron chi connectivity index (χ3n) is 5.36. The SMILES string of the molecule is CN(C(=O)COC(=O)C1CCN(S(=O)(=O)c2cccs2)CC1)[C@H]1CCS(=O)(=O)C1. The summed E-state index contributed by atoms with van der Waals surface area (Å²) in [7, 11) is -5.14. The highest BCUT2D eigenvalue weighted by Gasteiger charge is 2.35. The zero-order valence-electron chi connectivity index (χ0n) is 16.0. The van der Waals surface area contributed by atoms with Crippen LogP contribution in [0.2, 0.25) is 0 Å². The lowest BCUT2D eigenvalue weighted by Crippen LogP contribution is -2.42. The maximum absolute atomic E-state index is 12.5. The van der Waals surface area contributed by atoms with E-state index in [4.69, 9.17) is 4.74 Å². The third-order valence-corrected chi connectivity index (χ3v) is 10.4. The predicted octanol–water partition coefficient (Wildman–Crippen LogP) is 0.338. The molecule has 29 heavy (non-hydrogen) atoms. The average Bonchev–Trinajstić information content (AvgIpc) is 3.35. The Morgan fingerprint density at radius 1 is 1.28 bits per heavy atom. The Labute approximate surface area is 174 Å². The number of hydrogen-bond acceptors (Lipinski definition) is 8. The molecule has 2 saturated heterocycles. The minimum absolute atomic E-state index is 0.0576. The number of esters is 1. The molecule has 1 atom stereocenters. The molecule has 162 valence electrons. The van der Waals surface area contributed by atoms with Crippen LogP contribution in [0, 0.1) is 5.92 Å². The number of amides is 1. The molecule has 2 fully saturated rings. The lowest BCUT2D eigenvalue weighted by Gasteiger charge is -2.30. The maximum Gasteiger partial charge on any atom is 0.309 e. The maximum atomic E-state index is 12.5. The van der Waals surface area contributed by atoms with Crippen LogP contribution >= 0.6 is 11.3 Å². The smallest absolute Gasteiger partial charge is 0.309 e. The topological polar surface area (TPSA) is 118 Å². The summed E-state index contributed by atoms with van der Waals surface area (Å²) in [5, 5.41) is 1.70. The van der Waals surface area contributed by atoms with Gasteiger partial charge in [-0.15, -0.1) is 11.3 Å². The van der Waals surface area contributed by atoms with Gasteiger partial charge in [0.1, 0.15) is 4.21 Å². The van der Waals surface area contributed by atoms with Crippen molar-refractivity contribution in [3.63, 3.8) is 0 Å². The van der Waals surface area contributed by atoms with E-state index < -0.39 is 50.3 Å². The van der Waals surface area contributed by atoms with Gasteiger partial charge in [0.15, 0.2) is 16.4 Å². The van der Waals surface area contributed by atoms with E-state index in [0.29, 0.717) is 19.3 Å². The molecule has 0 radical (unpaired) electrons. The van der Waals surface area contributed by atoms with Gasteiger partial charge < -0.3 is 9.64 Å². The molecule has 0 spiro atoms. The minimum Gasteiger partial charge on any atom is -0.455 e. The average molecular weight is 465 g/mol. The van der Waals surface area contributed by atoms with Gasteiger partial charge >= 0.3 is 5.97 Å². The van der Waals surface area contributed by atoms with E-state index in [1.54, 1.807) is 17.5 Å². The van der Waals surface area contributed by atoms with Gasteiger partial charge in [0, 0.05) is 26.2 Å². The van der Waals surface area contributed by atoms with Gasteiger partial charge in [0.2, 0.25) is 0 Å². The normalized spacial score (nSPS) is 23.0. The van der Waals surface area contributed by atoms with E-state index in [9.17, 15) is 26.4 Å². The molecule has 9 nitrogen and oxygen atoms in total. The highest BCUT2D eigenvalue weighted by molar-refractivity contribution is 7.91. The summed E-state index contributed by atoms with van der Waals surface area (Å²) in [6.45, 7) is -0.0127. The number of piperidine rings is 1. The minimum atomic E-state index is -3.53. The van der Waals surface area contributed by atoms with E-state index in [-0.39, 0.29) is 28.8 Å². The van der Waals surface area contributed by atoms with Gasteiger partial charge in [0.05, 0.1) is 17.4 Å². The number of hydrogen-bond donors (Lipinski definition) is 0. The highest BCUT2D eigenvalue weighted by Crippen LogP contribution is 2.27. The van der Waals surface area contributed by atoms with Gasteiger partial charge in [-0.3, -0.25) is 9.59 Å². The Morgan fingerprint density at radius 2 is 1.97 bits per heavy atom. The Bertz CT molecular complexity index is 949. The van der Waals surface area contributed by atoms with Crippen molar-refractivity contribution < 1.29 is 31.2 Å². The second-order valence-electron chi connectivity index (χ2n) is 7.28. The summed E-state index contributed by atoms with van der Waals surface area (Å²) in [6, 6.07) is 2.84. The van der Waals surface area contributed by atoms with Crippen LogP contribution in [-0.4, -0.2) is 82.2 Å². The molecule has 1 aromatic rings. The van der Waals surface area contributed by atoms with Crippen LogP contribution in [0.1, 0.15) is 19.3 Å². The zero-order chi connectivity index (χ0) is 21.2. The van der Waals surface area contributed by atoms with Crippen LogP contribution in [0.4, 0.5) is 0 Å². The molecule has 12 heteroatoms. The van der Waals surface area contributed by atoms with Gasteiger partial charge in [0.25, 0.3) is 15.9 Å². The molecule has 0 bridgehead atoms. The van der Waals surface area contributed by atoms with Gasteiger partial charge in [-0.25, -0.2) is 16.8 Å². The molecule has 0 N–H and O–H groups in total. The van der Waals surface area contributed by atoms with Crippen LogP contribution in [0.3, 0.4) is 0 Å². The zero-order valence-corrected chi connectivity index (χ0v) is 18.5. The first-order valence-corrected chi connectivity index (χ1v) is 13.4. The molecule has 2 aliphatic rings. The molecule has 3 heterocycles. The molecule has 0 unspecified atom stereocenters. The number of likely N-dealkylation sites (N-methyl/N-ethyl adjacent to an activating group) is 1. The molecular formula is C17H24N2O7S3. The van der Waals surface area contributed by atoms with Crippen LogP contribution in [-0.2, 0) is 34.2 Å². The van der Waals surface area contributed by atoms with Crippen molar-refractivity contribution in [3.05, 3.63) is 17.5 Å². The van der Waals surface area contributed by atoms with Crippen molar-refractivity contribution >= 4 is 43.1 Å². The number of sulfonamides is 1. The van der Waals surface area contributed by atoms with Crippen LogP contribution in [0.15, 0.2) is 21.7 Å². The van der Waals surface area contributed by atoms with Crippen LogP contribution in [0.25, 0.3) is 0 Å². The van der Waals surface area contributed by atoms with E-state index in [0.717, 1.165) is 11.3 Å².